The molecule has 0 aromatic rings. The Morgan fingerprint density at radius 1 is 1.18 bits per heavy atom. The third kappa shape index (κ3) is 2.19. The smallest absolute Gasteiger partial charge is 0.310 e. The lowest BCUT2D eigenvalue weighted by molar-refractivity contribution is -0.146. The first kappa shape index (κ1) is 12.8. The molecular weight excluding hydrogens is 244 g/mol. The van der Waals surface area contributed by atoms with Gasteiger partial charge in [0, 0.05) is 26.2 Å². The molecule has 2 aliphatic rings. The SMILES string of the molecule is CC1(C(=O)O)CCN(S(=O)(=O)N2CCCC2)C1. The van der Waals surface area contributed by atoms with E-state index in [1.165, 1.54) is 8.61 Å². The zero-order chi connectivity index (χ0) is 12.7. The molecule has 0 bridgehead atoms. The van der Waals surface area contributed by atoms with Crippen LogP contribution in [0.4, 0.5) is 0 Å². The van der Waals surface area contributed by atoms with Gasteiger partial charge in [0.25, 0.3) is 10.2 Å². The minimum absolute atomic E-state index is 0.0845. The van der Waals surface area contributed by atoms with Gasteiger partial charge in [0.1, 0.15) is 0 Å². The summed E-state index contributed by atoms with van der Waals surface area (Å²) in [4.78, 5) is 11.1. The van der Waals surface area contributed by atoms with Crippen molar-refractivity contribution < 1.29 is 18.3 Å². The summed E-state index contributed by atoms with van der Waals surface area (Å²) in [7, 11) is -3.44. The predicted molar refractivity (Wildman–Crippen MR) is 61.7 cm³/mol. The van der Waals surface area contributed by atoms with Crippen molar-refractivity contribution in [1.29, 1.82) is 0 Å². The topological polar surface area (TPSA) is 77.9 Å². The molecule has 0 amide bonds. The Bertz CT molecular complexity index is 416. The molecule has 0 saturated carbocycles. The third-order valence-electron chi connectivity index (χ3n) is 3.67. The maximum Gasteiger partial charge on any atom is 0.310 e. The second-order valence-electron chi connectivity index (χ2n) is 5.06. The van der Waals surface area contributed by atoms with Crippen LogP contribution in [0.1, 0.15) is 26.2 Å². The lowest BCUT2D eigenvalue weighted by Gasteiger charge is -2.24. The quantitative estimate of drug-likeness (QED) is 0.784. The van der Waals surface area contributed by atoms with Crippen molar-refractivity contribution in [1.82, 2.24) is 8.61 Å². The molecule has 2 rings (SSSR count). The summed E-state index contributed by atoms with van der Waals surface area (Å²) in [6.07, 6.45) is 2.17. The van der Waals surface area contributed by atoms with Crippen LogP contribution in [0.25, 0.3) is 0 Å². The van der Waals surface area contributed by atoms with Gasteiger partial charge in [0.15, 0.2) is 0 Å². The highest BCUT2D eigenvalue weighted by atomic mass is 32.2. The maximum atomic E-state index is 12.2. The first-order chi connectivity index (χ1) is 7.86. The summed E-state index contributed by atoms with van der Waals surface area (Å²) in [6.45, 7) is 3.11. The minimum atomic E-state index is -3.44. The number of nitrogens with zero attached hydrogens (tertiary/aromatic N) is 2. The average molecular weight is 262 g/mol. The largest absolute Gasteiger partial charge is 0.481 e. The van der Waals surface area contributed by atoms with Gasteiger partial charge in [0.05, 0.1) is 5.41 Å². The third-order valence-corrected chi connectivity index (χ3v) is 5.65. The van der Waals surface area contributed by atoms with Gasteiger partial charge in [-0.05, 0) is 26.2 Å². The number of rotatable bonds is 3. The molecule has 1 N–H and O–H groups in total. The van der Waals surface area contributed by atoms with E-state index in [1.807, 2.05) is 0 Å². The standard InChI is InChI=1S/C10H18N2O4S/c1-10(9(13)14)4-7-12(8-10)17(15,16)11-5-2-3-6-11/h2-8H2,1H3,(H,13,14). The Morgan fingerprint density at radius 3 is 2.24 bits per heavy atom. The van der Waals surface area contributed by atoms with Gasteiger partial charge in [-0.25, -0.2) is 0 Å². The van der Waals surface area contributed by atoms with E-state index in [-0.39, 0.29) is 6.54 Å². The van der Waals surface area contributed by atoms with E-state index in [1.54, 1.807) is 6.92 Å². The van der Waals surface area contributed by atoms with Crippen molar-refractivity contribution >= 4 is 16.2 Å². The van der Waals surface area contributed by atoms with Crippen LogP contribution < -0.4 is 0 Å². The molecule has 2 fully saturated rings. The first-order valence-corrected chi connectivity index (χ1v) is 7.25. The van der Waals surface area contributed by atoms with Gasteiger partial charge in [0.2, 0.25) is 0 Å². The fourth-order valence-electron chi connectivity index (χ4n) is 2.37. The van der Waals surface area contributed by atoms with Crippen molar-refractivity contribution in [3.63, 3.8) is 0 Å². The first-order valence-electron chi connectivity index (χ1n) is 5.85. The van der Waals surface area contributed by atoms with E-state index < -0.39 is 21.6 Å². The highest BCUT2D eigenvalue weighted by molar-refractivity contribution is 7.86. The van der Waals surface area contributed by atoms with Gasteiger partial charge in [-0.15, -0.1) is 0 Å². The molecule has 2 aliphatic heterocycles. The van der Waals surface area contributed by atoms with Crippen LogP contribution in [0.5, 0.6) is 0 Å². The molecule has 17 heavy (non-hydrogen) atoms. The molecule has 0 spiro atoms. The molecule has 1 unspecified atom stereocenters. The maximum absolute atomic E-state index is 12.2. The van der Waals surface area contributed by atoms with Crippen molar-refractivity contribution in [2.45, 2.75) is 26.2 Å². The molecule has 98 valence electrons. The van der Waals surface area contributed by atoms with Gasteiger partial charge in [-0.2, -0.15) is 17.0 Å². The number of hydrogen-bond donors (Lipinski definition) is 1. The molecule has 0 aromatic heterocycles. The molecule has 0 aliphatic carbocycles. The highest BCUT2D eigenvalue weighted by Crippen LogP contribution is 2.33. The lowest BCUT2D eigenvalue weighted by Crippen LogP contribution is -2.43. The second-order valence-corrected chi connectivity index (χ2v) is 6.99. The van der Waals surface area contributed by atoms with Crippen LogP contribution >= 0.6 is 0 Å². The van der Waals surface area contributed by atoms with Crippen molar-refractivity contribution in [2.75, 3.05) is 26.2 Å². The van der Waals surface area contributed by atoms with E-state index in [2.05, 4.69) is 0 Å². The molecule has 1 atom stereocenters. The molecule has 7 heteroatoms. The van der Waals surface area contributed by atoms with Crippen LogP contribution in [-0.2, 0) is 15.0 Å². The zero-order valence-electron chi connectivity index (χ0n) is 9.92. The fourth-order valence-corrected chi connectivity index (χ4v) is 4.19. The van der Waals surface area contributed by atoms with E-state index in [0.717, 1.165) is 12.8 Å². The Morgan fingerprint density at radius 2 is 1.76 bits per heavy atom. The van der Waals surface area contributed by atoms with Gasteiger partial charge in [-0.3, -0.25) is 4.79 Å². The van der Waals surface area contributed by atoms with Gasteiger partial charge < -0.3 is 5.11 Å². The predicted octanol–water partition coefficient (Wildman–Crippen LogP) is 0.124. The Labute approximate surface area is 101 Å². The number of hydrogen-bond acceptors (Lipinski definition) is 3. The zero-order valence-corrected chi connectivity index (χ0v) is 10.7. The molecule has 2 saturated heterocycles. The van der Waals surface area contributed by atoms with Crippen LogP contribution in [0.15, 0.2) is 0 Å². The van der Waals surface area contributed by atoms with E-state index in [9.17, 15) is 13.2 Å². The number of carboxylic acids is 1. The van der Waals surface area contributed by atoms with E-state index in [4.69, 9.17) is 5.11 Å². The van der Waals surface area contributed by atoms with Crippen molar-refractivity contribution in [3.8, 4) is 0 Å². The fraction of sp³-hybridized carbons (Fsp3) is 0.900. The van der Waals surface area contributed by atoms with Crippen LogP contribution in [0.3, 0.4) is 0 Å². The summed E-state index contributed by atoms with van der Waals surface area (Å²) < 4.78 is 27.2. The summed E-state index contributed by atoms with van der Waals surface area (Å²) in [6, 6.07) is 0. The van der Waals surface area contributed by atoms with Gasteiger partial charge >= 0.3 is 5.97 Å². The number of carbonyl (C=O) groups is 1. The summed E-state index contributed by atoms with van der Waals surface area (Å²) in [5, 5.41) is 9.09. The molecule has 2 heterocycles. The van der Waals surface area contributed by atoms with Crippen molar-refractivity contribution in [3.05, 3.63) is 0 Å². The Kier molecular flexibility index (Phi) is 3.17. The molecule has 0 aromatic carbocycles. The summed E-state index contributed by atoms with van der Waals surface area (Å²) >= 11 is 0. The Hall–Kier alpha value is -0.660. The highest BCUT2D eigenvalue weighted by Gasteiger charge is 2.46. The normalized spacial score (nSPS) is 32.1. The molecule has 6 nitrogen and oxygen atoms in total. The lowest BCUT2D eigenvalue weighted by atomic mass is 9.90. The Balaban J connectivity index is 2.12. The van der Waals surface area contributed by atoms with Crippen molar-refractivity contribution in [2.24, 2.45) is 5.41 Å². The molecular formula is C10H18N2O4S. The summed E-state index contributed by atoms with van der Waals surface area (Å²) in [5.41, 5.74) is -0.938. The second kappa shape index (κ2) is 4.22. The monoisotopic (exact) mass is 262 g/mol. The minimum Gasteiger partial charge on any atom is -0.481 e. The van der Waals surface area contributed by atoms with E-state index in [0.29, 0.717) is 26.1 Å². The van der Waals surface area contributed by atoms with Gasteiger partial charge in [-0.1, -0.05) is 0 Å². The van der Waals surface area contributed by atoms with E-state index >= 15 is 0 Å². The summed E-state index contributed by atoms with van der Waals surface area (Å²) in [5.74, 6) is -0.920. The van der Waals surface area contributed by atoms with Crippen LogP contribution in [-0.4, -0.2) is 54.3 Å². The average Bonchev–Trinajstić information content (AvgIpc) is 2.86. The number of carboxylic acid groups (broad SMARTS) is 1. The molecule has 0 radical (unpaired) electrons. The van der Waals surface area contributed by atoms with Crippen LogP contribution in [0.2, 0.25) is 0 Å². The number of aliphatic carboxylic acids is 1. The van der Waals surface area contributed by atoms with Crippen LogP contribution in [0, 0.1) is 5.41 Å².